The van der Waals surface area contributed by atoms with Crippen LogP contribution in [0.15, 0.2) is 18.2 Å². The van der Waals surface area contributed by atoms with Gasteiger partial charge in [-0.25, -0.2) is 4.39 Å². The normalized spacial score (nSPS) is 18.2. The monoisotopic (exact) mass is 270 g/mol. The number of piperidine rings is 1. The molecule has 2 nitrogen and oxygen atoms in total. The first-order chi connectivity index (χ1) is 8.69. The van der Waals surface area contributed by atoms with Crippen LogP contribution in [0, 0.1) is 11.7 Å². The first kappa shape index (κ1) is 13.8. The van der Waals surface area contributed by atoms with Crippen LogP contribution in [-0.2, 0) is 6.54 Å². The van der Waals surface area contributed by atoms with E-state index in [0.717, 1.165) is 44.1 Å². The Morgan fingerprint density at radius 3 is 2.67 bits per heavy atom. The lowest BCUT2D eigenvalue weighted by atomic mass is 9.93. The molecule has 0 amide bonds. The zero-order chi connectivity index (χ0) is 13.0. The van der Waals surface area contributed by atoms with Gasteiger partial charge in [-0.05, 0) is 62.5 Å². The molecule has 0 aromatic heterocycles. The first-order valence-electron chi connectivity index (χ1n) is 6.55. The number of hydrogen-bond donors (Lipinski definition) is 1. The summed E-state index contributed by atoms with van der Waals surface area (Å²) in [6, 6.07) is 4.64. The van der Waals surface area contributed by atoms with E-state index in [1.54, 1.807) is 6.07 Å². The van der Waals surface area contributed by atoms with Gasteiger partial charge in [-0.2, -0.15) is 0 Å². The molecule has 1 saturated heterocycles. The number of nitrogens with zero attached hydrogens (tertiary/aromatic N) is 1. The van der Waals surface area contributed by atoms with E-state index in [9.17, 15) is 4.39 Å². The van der Waals surface area contributed by atoms with Gasteiger partial charge in [-0.1, -0.05) is 17.7 Å². The second-order valence-corrected chi connectivity index (χ2v) is 5.44. The maximum atomic E-state index is 13.0. The Labute approximate surface area is 113 Å². The third kappa shape index (κ3) is 3.67. The fourth-order valence-electron chi connectivity index (χ4n) is 2.56. The molecule has 0 spiro atoms. The minimum absolute atomic E-state index is 0.273. The van der Waals surface area contributed by atoms with Crippen LogP contribution in [0.4, 0.5) is 4.39 Å². The Morgan fingerprint density at radius 1 is 1.33 bits per heavy atom. The van der Waals surface area contributed by atoms with Crippen molar-refractivity contribution in [3.05, 3.63) is 34.6 Å². The highest BCUT2D eigenvalue weighted by Gasteiger charge is 2.19. The number of nitrogens with two attached hydrogens (primary N) is 1. The van der Waals surface area contributed by atoms with E-state index in [1.165, 1.54) is 25.0 Å². The second-order valence-electron chi connectivity index (χ2n) is 5.03. The average Bonchev–Trinajstić information content (AvgIpc) is 2.35. The van der Waals surface area contributed by atoms with Gasteiger partial charge in [-0.3, -0.25) is 4.90 Å². The van der Waals surface area contributed by atoms with Crippen molar-refractivity contribution in [3.8, 4) is 0 Å². The van der Waals surface area contributed by atoms with Crippen molar-refractivity contribution in [1.82, 2.24) is 4.90 Å². The second kappa shape index (κ2) is 6.50. The van der Waals surface area contributed by atoms with Crippen molar-refractivity contribution in [2.24, 2.45) is 11.7 Å². The van der Waals surface area contributed by atoms with Crippen molar-refractivity contribution in [2.75, 3.05) is 19.6 Å². The average molecular weight is 271 g/mol. The largest absolute Gasteiger partial charge is 0.330 e. The molecule has 0 atom stereocenters. The third-order valence-corrected chi connectivity index (χ3v) is 4.04. The summed E-state index contributed by atoms with van der Waals surface area (Å²) in [4.78, 5) is 2.38. The summed E-state index contributed by atoms with van der Waals surface area (Å²) in [6.07, 6.45) is 3.54. The van der Waals surface area contributed by atoms with Crippen molar-refractivity contribution in [3.63, 3.8) is 0 Å². The van der Waals surface area contributed by atoms with E-state index in [1.807, 2.05) is 0 Å². The minimum Gasteiger partial charge on any atom is -0.330 e. The fourth-order valence-corrected chi connectivity index (χ4v) is 2.79. The van der Waals surface area contributed by atoms with Crippen LogP contribution >= 0.6 is 11.6 Å². The van der Waals surface area contributed by atoms with Crippen LogP contribution in [0.5, 0.6) is 0 Å². The lowest BCUT2D eigenvalue weighted by Crippen LogP contribution is -2.33. The molecule has 0 saturated carbocycles. The standard InChI is InChI=1S/C14H20ClFN2/c15-14-9-13(16)2-1-12(14)10-18-7-4-11(3-6-17)5-8-18/h1-2,9,11H,3-8,10,17H2. The number of halogens is 2. The molecule has 1 aliphatic rings. The predicted octanol–water partition coefficient (Wildman–Crippen LogP) is 3.04. The van der Waals surface area contributed by atoms with Crippen LogP contribution in [0.3, 0.4) is 0 Å². The highest BCUT2D eigenvalue weighted by molar-refractivity contribution is 6.31. The molecule has 2 N–H and O–H groups in total. The number of benzene rings is 1. The van der Waals surface area contributed by atoms with Crippen molar-refractivity contribution in [1.29, 1.82) is 0 Å². The fraction of sp³-hybridized carbons (Fsp3) is 0.571. The number of likely N-dealkylation sites (tertiary alicyclic amines) is 1. The predicted molar refractivity (Wildman–Crippen MR) is 73.1 cm³/mol. The van der Waals surface area contributed by atoms with Crippen molar-refractivity contribution in [2.45, 2.75) is 25.8 Å². The number of rotatable bonds is 4. The van der Waals surface area contributed by atoms with Crippen LogP contribution in [0.25, 0.3) is 0 Å². The molecule has 0 radical (unpaired) electrons. The molecular weight excluding hydrogens is 251 g/mol. The highest BCUT2D eigenvalue weighted by Crippen LogP contribution is 2.24. The molecule has 1 fully saturated rings. The van der Waals surface area contributed by atoms with Crippen LogP contribution < -0.4 is 5.73 Å². The molecule has 0 aliphatic carbocycles. The van der Waals surface area contributed by atoms with Crippen molar-refractivity contribution < 1.29 is 4.39 Å². The Kier molecular flexibility index (Phi) is 4.98. The zero-order valence-electron chi connectivity index (χ0n) is 10.5. The molecular formula is C14H20ClFN2. The topological polar surface area (TPSA) is 29.3 Å². The Hall–Kier alpha value is -0.640. The molecule has 1 aromatic carbocycles. The third-order valence-electron chi connectivity index (χ3n) is 3.69. The van der Waals surface area contributed by atoms with E-state index >= 15 is 0 Å². The zero-order valence-corrected chi connectivity index (χ0v) is 11.3. The first-order valence-corrected chi connectivity index (χ1v) is 6.93. The lowest BCUT2D eigenvalue weighted by Gasteiger charge is -2.32. The van der Waals surface area contributed by atoms with Gasteiger partial charge in [0.2, 0.25) is 0 Å². The summed E-state index contributed by atoms with van der Waals surface area (Å²) in [6.45, 7) is 3.76. The van der Waals surface area contributed by atoms with Gasteiger partial charge in [-0.15, -0.1) is 0 Å². The molecule has 1 aliphatic heterocycles. The maximum Gasteiger partial charge on any atom is 0.124 e. The smallest absolute Gasteiger partial charge is 0.124 e. The number of hydrogen-bond acceptors (Lipinski definition) is 2. The quantitative estimate of drug-likeness (QED) is 0.911. The van der Waals surface area contributed by atoms with Gasteiger partial charge in [0.15, 0.2) is 0 Å². The van der Waals surface area contributed by atoms with Crippen molar-refractivity contribution >= 4 is 11.6 Å². The summed E-state index contributed by atoms with van der Waals surface area (Å²) >= 11 is 6.04. The van der Waals surface area contributed by atoms with Crippen LogP contribution in [0.1, 0.15) is 24.8 Å². The molecule has 2 rings (SSSR count). The molecule has 18 heavy (non-hydrogen) atoms. The van der Waals surface area contributed by atoms with Gasteiger partial charge in [0.1, 0.15) is 5.82 Å². The van der Waals surface area contributed by atoms with Gasteiger partial charge in [0.25, 0.3) is 0 Å². The van der Waals surface area contributed by atoms with Gasteiger partial charge >= 0.3 is 0 Å². The molecule has 4 heteroatoms. The maximum absolute atomic E-state index is 13.0. The summed E-state index contributed by atoms with van der Waals surface area (Å²) in [7, 11) is 0. The van der Waals surface area contributed by atoms with E-state index < -0.39 is 0 Å². The summed E-state index contributed by atoms with van der Waals surface area (Å²) in [5.41, 5.74) is 6.59. The molecule has 0 bridgehead atoms. The van der Waals surface area contributed by atoms with Gasteiger partial charge in [0.05, 0.1) is 0 Å². The summed E-state index contributed by atoms with van der Waals surface area (Å²) in [5.74, 6) is 0.500. The van der Waals surface area contributed by atoms with Gasteiger partial charge in [0, 0.05) is 11.6 Å². The Morgan fingerprint density at radius 2 is 2.06 bits per heavy atom. The molecule has 100 valence electrons. The highest BCUT2D eigenvalue weighted by atomic mass is 35.5. The lowest BCUT2D eigenvalue weighted by molar-refractivity contribution is 0.173. The molecule has 0 unspecified atom stereocenters. The molecule has 1 heterocycles. The van der Waals surface area contributed by atoms with Gasteiger partial charge < -0.3 is 5.73 Å². The SMILES string of the molecule is NCCC1CCN(Cc2ccc(F)cc2Cl)CC1. The molecule has 1 aromatic rings. The Bertz CT molecular complexity index is 389. The van der Waals surface area contributed by atoms with Crippen LogP contribution in [0.2, 0.25) is 5.02 Å². The van der Waals surface area contributed by atoms with E-state index in [2.05, 4.69) is 4.90 Å². The Balaban J connectivity index is 1.87. The van der Waals surface area contributed by atoms with E-state index in [-0.39, 0.29) is 5.82 Å². The van der Waals surface area contributed by atoms with E-state index in [0.29, 0.717) is 5.02 Å². The van der Waals surface area contributed by atoms with Crippen LogP contribution in [-0.4, -0.2) is 24.5 Å². The summed E-state index contributed by atoms with van der Waals surface area (Å²) < 4.78 is 13.0. The summed E-state index contributed by atoms with van der Waals surface area (Å²) in [5, 5.41) is 0.527. The van der Waals surface area contributed by atoms with E-state index in [4.69, 9.17) is 17.3 Å². The minimum atomic E-state index is -0.273.